The number of aromatic nitrogens is 4. The summed E-state index contributed by atoms with van der Waals surface area (Å²) in [5.41, 5.74) is 0.949. The third-order valence-electron chi connectivity index (χ3n) is 4.64. The molecule has 8 nitrogen and oxygen atoms in total. The maximum absolute atomic E-state index is 12.8. The number of hydrogen-bond acceptors (Lipinski definition) is 5. The fourth-order valence-corrected chi connectivity index (χ4v) is 5.40. The Bertz CT molecular complexity index is 1300. The van der Waals surface area contributed by atoms with E-state index >= 15 is 0 Å². The van der Waals surface area contributed by atoms with Crippen molar-refractivity contribution in [1.82, 2.24) is 24.5 Å². The normalized spacial score (nSPS) is 12.9. The van der Waals surface area contributed by atoms with Crippen molar-refractivity contribution in [2.75, 3.05) is 0 Å². The van der Waals surface area contributed by atoms with Crippen LogP contribution in [0.4, 0.5) is 0 Å². The molecule has 0 bridgehead atoms. The second-order valence-electron chi connectivity index (χ2n) is 6.69. The van der Waals surface area contributed by atoms with Gasteiger partial charge in [0.25, 0.3) is 0 Å². The lowest BCUT2D eigenvalue weighted by Gasteiger charge is -2.16. The summed E-state index contributed by atoms with van der Waals surface area (Å²) in [6, 6.07) is 14.0. The summed E-state index contributed by atoms with van der Waals surface area (Å²) in [5, 5.41) is 9.38. The number of nitrogens with zero attached hydrogens (tertiary/aromatic N) is 3. The average Bonchev–Trinajstić information content (AvgIpc) is 3.34. The Morgan fingerprint density at radius 1 is 1.20 bits per heavy atom. The van der Waals surface area contributed by atoms with Gasteiger partial charge < -0.3 is 9.72 Å². The number of fused-ring (bicyclic) bond motifs is 1. The number of hydrogen-bond donors (Lipinski definition) is 2. The van der Waals surface area contributed by atoms with Gasteiger partial charge in [-0.05, 0) is 65.5 Å². The number of halogens is 1. The predicted octanol–water partition coefficient (Wildman–Crippen LogP) is 4.37. The number of aromatic amines is 1. The van der Waals surface area contributed by atoms with Crippen LogP contribution in [0.15, 0.2) is 64.1 Å². The molecule has 0 radical (unpaired) electrons. The van der Waals surface area contributed by atoms with E-state index in [1.54, 1.807) is 29.7 Å². The van der Waals surface area contributed by atoms with Gasteiger partial charge in [-0.1, -0.05) is 17.2 Å². The summed E-state index contributed by atoms with van der Waals surface area (Å²) < 4.78 is 36.4. The lowest BCUT2D eigenvalue weighted by Crippen LogP contribution is -2.29. The molecule has 0 fully saturated rings. The molecule has 10 heteroatoms. The van der Waals surface area contributed by atoms with E-state index in [0.29, 0.717) is 28.6 Å². The minimum Gasteiger partial charge on any atom is -0.424 e. The van der Waals surface area contributed by atoms with E-state index in [4.69, 9.17) is 4.74 Å². The molecule has 4 aromatic rings. The van der Waals surface area contributed by atoms with Crippen molar-refractivity contribution in [3.8, 4) is 11.8 Å². The van der Waals surface area contributed by atoms with Gasteiger partial charge in [-0.3, -0.25) is 4.57 Å². The number of rotatable bonds is 7. The van der Waals surface area contributed by atoms with Crippen molar-refractivity contribution in [2.45, 2.75) is 31.3 Å². The van der Waals surface area contributed by atoms with Gasteiger partial charge in [0, 0.05) is 28.8 Å². The zero-order chi connectivity index (χ0) is 21.3. The molecule has 0 saturated carbocycles. The first kappa shape index (κ1) is 20.6. The fourth-order valence-electron chi connectivity index (χ4n) is 3.20. The number of ether oxygens (including phenoxy) is 1. The SMILES string of the molecule is CCn1c(Oc2ccc3cc[nH]c3c2)nnc1[C@@H](C)NS(=O)(=O)c1ccccc1Br. The second-order valence-corrected chi connectivity index (χ2v) is 9.22. The minimum absolute atomic E-state index is 0.162. The molecule has 2 aromatic carbocycles. The molecule has 2 aromatic heterocycles. The molecule has 2 heterocycles. The van der Waals surface area contributed by atoms with Crippen LogP contribution in [0.3, 0.4) is 0 Å². The summed E-state index contributed by atoms with van der Waals surface area (Å²) in [4.78, 5) is 3.30. The lowest BCUT2D eigenvalue weighted by molar-refractivity contribution is 0.408. The molecule has 2 N–H and O–H groups in total. The van der Waals surface area contributed by atoms with Gasteiger partial charge in [0.05, 0.1) is 10.9 Å². The number of H-pyrrole nitrogens is 1. The van der Waals surface area contributed by atoms with Crippen LogP contribution in [0.5, 0.6) is 11.8 Å². The molecular formula is C20H20BrN5O3S. The molecule has 0 saturated heterocycles. The van der Waals surface area contributed by atoms with Crippen LogP contribution in [0.25, 0.3) is 10.9 Å². The quantitative estimate of drug-likeness (QED) is 0.401. The van der Waals surface area contributed by atoms with Gasteiger partial charge in [-0.25, -0.2) is 13.1 Å². The molecule has 156 valence electrons. The molecule has 0 amide bonds. The summed E-state index contributed by atoms with van der Waals surface area (Å²) in [7, 11) is -3.75. The van der Waals surface area contributed by atoms with E-state index in [0.717, 1.165) is 10.9 Å². The van der Waals surface area contributed by atoms with Crippen molar-refractivity contribution in [2.24, 2.45) is 0 Å². The third kappa shape index (κ3) is 3.98. The molecule has 0 aliphatic heterocycles. The van der Waals surface area contributed by atoms with Gasteiger partial charge in [-0.2, -0.15) is 0 Å². The van der Waals surface area contributed by atoms with Crippen LogP contribution in [0, 0.1) is 0 Å². The van der Waals surface area contributed by atoms with E-state index in [-0.39, 0.29) is 4.90 Å². The Hall–Kier alpha value is -2.69. The zero-order valence-electron chi connectivity index (χ0n) is 16.3. The largest absolute Gasteiger partial charge is 0.424 e. The Labute approximate surface area is 182 Å². The van der Waals surface area contributed by atoms with E-state index in [1.165, 1.54) is 6.07 Å². The summed E-state index contributed by atoms with van der Waals surface area (Å²) >= 11 is 3.29. The van der Waals surface area contributed by atoms with E-state index in [1.807, 2.05) is 37.4 Å². The van der Waals surface area contributed by atoms with E-state index in [2.05, 4.69) is 35.8 Å². The van der Waals surface area contributed by atoms with Crippen LogP contribution in [-0.2, 0) is 16.6 Å². The van der Waals surface area contributed by atoms with Gasteiger partial charge >= 0.3 is 6.01 Å². The van der Waals surface area contributed by atoms with Gasteiger partial charge in [0.1, 0.15) is 5.75 Å². The Kier molecular flexibility index (Phi) is 5.63. The molecule has 0 aliphatic carbocycles. The monoisotopic (exact) mass is 489 g/mol. The molecular weight excluding hydrogens is 470 g/mol. The van der Waals surface area contributed by atoms with Crippen molar-refractivity contribution >= 4 is 36.9 Å². The summed E-state index contributed by atoms with van der Waals surface area (Å²) in [5.74, 6) is 1.07. The Morgan fingerprint density at radius 2 is 2.00 bits per heavy atom. The molecule has 0 aliphatic rings. The first-order valence-corrected chi connectivity index (χ1v) is 11.6. The van der Waals surface area contributed by atoms with E-state index in [9.17, 15) is 8.42 Å². The molecule has 4 rings (SSSR count). The number of benzene rings is 2. The summed E-state index contributed by atoms with van der Waals surface area (Å²) in [6.07, 6.45) is 1.86. The molecule has 30 heavy (non-hydrogen) atoms. The zero-order valence-corrected chi connectivity index (χ0v) is 18.7. The highest BCUT2D eigenvalue weighted by Gasteiger charge is 2.25. The smallest absolute Gasteiger partial charge is 0.322 e. The van der Waals surface area contributed by atoms with Crippen molar-refractivity contribution < 1.29 is 13.2 Å². The summed E-state index contributed by atoms with van der Waals surface area (Å²) in [6.45, 7) is 4.16. The maximum Gasteiger partial charge on any atom is 0.322 e. The first-order valence-electron chi connectivity index (χ1n) is 9.34. The molecule has 1 atom stereocenters. The second kappa shape index (κ2) is 8.21. The average molecular weight is 490 g/mol. The van der Waals surface area contributed by atoms with E-state index < -0.39 is 16.1 Å². The topological polar surface area (TPSA) is 102 Å². The Balaban J connectivity index is 1.59. The first-order chi connectivity index (χ1) is 14.4. The maximum atomic E-state index is 12.8. The highest BCUT2D eigenvalue weighted by atomic mass is 79.9. The van der Waals surface area contributed by atoms with Crippen molar-refractivity contribution in [3.63, 3.8) is 0 Å². The number of sulfonamides is 1. The fraction of sp³-hybridized carbons (Fsp3) is 0.200. The van der Waals surface area contributed by atoms with Crippen LogP contribution >= 0.6 is 15.9 Å². The highest BCUT2D eigenvalue weighted by Crippen LogP contribution is 2.27. The van der Waals surface area contributed by atoms with Gasteiger partial charge in [0.15, 0.2) is 5.82 Å². The Morgan fingerprint density at radius 3 is 2.77 bits per heavy atom. The standard InChI is InChI=1S/C20H20BrN5O3S/c1-3-26-19(13(2)25-30(27,28)18-7-5-4-6-16(18)21)23-24-20(26)29-15-9-8-14-10-11-22-17(14)12-15/h4-13,22,25H,3H2,1-2H3/t13-/m1/s1. The van der Waals surface area contributed by atoms with Crippen LogP contribution in [0.2, 0.25) is 0 Å². The van der Waals surface area contributed by atoms with Crippen LogP contribution in [-0.4, -0.2) is 28.2 Å². The molecule has 0 spiro atoms. The minimum atomic E-state index is -3.75. The van der Waals surface area contributed by atoms with Crippen LogP contribution < -0.4 is 9.46 Å². The van der Waals surface area contributed by atoms with Gasteiger partial charge in [-0.15, -0.1) is 5.10 Å². The van der Waals surface area contributed by atoms with Crippen molar-refractivity contribution in [3.05, 3.63) is 65.0 Å². The predicted molar refractivity (Wildman–Crippen MR) is 117 cm³/mol. The number of nitrogens with one attached hydrogen (secondary N) is 2. The van der Waals surface area contributed by atoms with Crippen molar-refractivity contribution in [1.29, 1.82) is 0 Å². The third-order valence-corrected chi connectivity index (χ3v) is 7.20. The van der Waals surface area contributed by atoms with Gasteiger partial charge in [0.2, 0.25) is 10.0 Å². The van der Waals surface area contributed by atoms with Crippen LogP contribution in [0.1, 0.15) is 25.7 Å². The highest BCUT2D eigenvalue weighted by molar-refractivity contribution is 9.10. The lowest BCUT2D eigenvalue weighted by atomic mass is 10.2. The molecule has 0 unspecified atom stereocenters.